The van der Waals surface area contributed by atoms with Crippen molar-refractivity contribution in [1.29, 1.82) is 0 Å². The number of likely N-dealkylation sites (tertiary alicyclic amines) is 1. The van der Waals surface area contributed by atoms with Gasteiger partial charge in [-0.25, -0.2) is 0 Å². The predicted molar refractivity (Wildman–Crippen MR) is 150 cm³/mol. The van der Waals surface area contributed by atoms with Crippen LogP contribution in [0.4, 0.5) is 5.69 Å². The molecule has 6 nitrogen and oxygen atoms in total. The molecule has 0 spiro atoms. The number of hydrogen-bond acceptors (Lipinski definition) is 5. The predicted octanol–water partition coefficient (Wildman–Crippen LogP) is 5.58. The summed E-state index contributed by atoms with van der Waals surface area (Å²) < 4.78 is 5.24. The van der Waals surface area contributed by atoms with Gasteiger partial charge in [-0.1, -0.05) is 60.7 Å². The zero-order chi connectivity index (χ0) is 26.8. The number of nitrogens with zero attached hydrogens (tertiary/aromatic N) is 2. The summed E-state index contributed by atoms with van der Waals surface area (Å²) in [6.45, 7) is 0.325. The number of methoxy groups -OCH3 is 1. The number of anilines is 1. The van der Waals surface area contributed by atoms with Crippen LogP contribution < -0.4 is 9.64 Å². The SMILES string of the molecule is COc1ccc(CCN2C(=O)C(=O)/C(=C(\O)c3ccc4ccccc4c3)C2c2ccc(N(C)C)cc2)cc1. The third-order valence-electron chi connectivity index (χ3n) is 7.09. The molecule has 1 unspecified atom stereocenters. The van der Waals surface area contributed by atoms with Gasteiger partial charge in [0.05, 0.1) is 18.7 Å². The molecule has 1 aliphatic heterocycles. The highest BCUT2D eigenvalue weighted by molar-refractivity contribution is 6.46. The second kappa shape index (κ2) is 10.4. The number of aliphatic hydroxyl groups is 1. The van der Waals surface area contributed by atoms with Gasteiger partial charge in [-0.2, -0.15) is 0 Å². The van der Waals surface area contributed by atoms with Crippen LogP contribution in [0.3, 0.4) is 0 Å². The van der Waals surface area contributed by atoms with Crippen molar-refractivity contribution in [3.8, 4) is 5.75 Å². The van der Waals surface area contributed by atoms with E-state index in [-0.39, 0.29) is 11.3 Å². The first kappa shape index (κ1) is 25.1. The first-order chi connectivity index (χ1) is 18.4. The lowest BCUT2D eigenvalue weighted by atomic mass is 9.94. The van der Waals surface area contributed by atoms with Gasteiger partial charge in [0.25, 0.3) is 11.7 Å². The van der Waals surface area contributed by atoms with Gasteiger partial charge >= 0.3 is 0 Å². The lowest BCUT2D eigenvalue weighted by molar-refractivity contribution is -0.139. The van der Waals surface area contributed by atoms with Crippen molar-refractivity contribution in [3.05, 3.63) is 113 Å². The van der Waals surface area contributed by atoms with Gasteiger partial charge in [0, 0.05) is 31.9 Å². The van der Waals surface area contributed by atoms with E-state index in [0.29, 0.717) is 18.5 Å². The number of ketones is 1. The Kier molecular flexibility index (Phi) is 6.88. The van der Waals surface area contributed by atoms with Crippen molar-refractivity contribution < 1.29 is 19.4 Å². The Labute approximate surface area is 222 Å². The van der Waals surface area contributed by atoms with Gasteiger partial charge in [-0.05, 0) is 58.7 Å². The molecule has 1 amide bonds. The number of rotatable bonds is 7. The molecule has 0 bridgehead atoms. The maximum Gasteiger partial charge on any atom is 0.295 e. The van der Waals surface area contributed by atoms with Gasteiger partial charge < -0.3 is 19.6 Å². The Morgan fingerprint density at radius 3 is 2.24 bits per heavy atom. The first-order valence-electron chi connectivity index (χ1n) is 12.5. The summed E-state index contributed by atoms with van der Waals surface area (Å²) in [6, 6.07) is 28.1. The molecule has 192 valence electrons. The molecule has 5 rings (SSSR count). The van der Waals surface area contributed by atoms with Gasteiger partial charge in [-0.3, -0.25) is 9.59 Å². The zero-order valence-corrected chi connectivity index (χ0v) is 21.7. The fraction of sp³-hybridized carbons (Fsp3) is 0.188. The fourth-order valence-electron chi connectivity index (χ4n) is 4.95. The second-order valence-corrected chi connectivity index (χ2v) is 9.64. The Balaban J connectivity index is 1.57. The van der Waals surface area contributed by atoms with E-state index in [1.165, 1.54) is 0 Å². The van der Waals surface area contributed by atoms with E-state index in [1.54, 1.807) is 18.1 Å². The molecule has 1 atom stereocenters. The molecule has 0 aromatic heterocycles. The van der Waals surface area contributed by atoms with Crippen LogP contribution in [0.25, 0.3) is 16.5 Å². The minimum atomic E-state index is -0.698. The number of benzene rings is 4. The van der Waals surface area contributed by atoms with Crippen LogP contribution in [-0.2, 0) is 16.0 Å². The highest BCUT2D eigenvalue weighted by Gasteiger charge is 2.45. The normalized spacial score (nSPS) is 16.7. The largest absolute Gasteiger partial charge is 0.507 e. The van der Waals surface area contributed by atoms with Crippen molar-refractivity contribution in [1.82, 2.24) is 4.90 Å². The van der Waals surface area contributed by atoms with E-state index >= 15 is 0 Å². The van der Waals surface area contributed by atoms with Crippen LogP contribution >= 0.6 is 0 Å². The molecule has 38 heavy (non-hydrogen) atoms. The van der Waals surface area contributed by atoms with Gasteiger partial charge in [-0.15, -0.1) is 0 Å². The lowest BCUT2D eigenvalue weighted by Gasteiger charge is -2.26. The minimum absolute atomic E-state index is 0.109. The Morgan fingerprint density at radius 1 is 0.895 bits per heavy atom. The van der Waals surface area contributed by atoms with Crippen LogP contribution in [0.1, 0.15) is 22.7 Å². The van der Waals surface area contributed by atoms with Crippen LogP contribution in [0, 0.1) is 0 Å². The maximum atomic E-state index is 13.4. The lowest BCUT2D eigenvalue weighted by Crippen LogP contribution is -2.31. The molecular formula is C32H30N2O4. The molecule has 1 N–H and O–H groups in total. The average Bonchev–Trinajstić information content (AvgIpc) is 3.20. The highest BCUT2D eigenvalue weighted by Crippen LogP contribution is 2.40. The van der Waals surface area contributed by atoms with Crippen molar-refractivity contribution >= 4 is 33.9 Å². The van der Waals surface area contributed by atoms with Crippen LogP contribution in [0.5, 0.6) is 5.75 Å². The number of carbonyl (C=O) groups is 2. The molecular weight excluding hydrogens is 476 g/mol. The van der Waals surface area contributed by atoms with E-state index in [0.717, 1.165) is 33.3 Å². The van der Waals surface area contributed by atoms with E-state index in [1.807, 2.05) is 104 Å². The Bertz CT molecular complexity index is 1520. The van der Waals surface area contributed by atoms with Gasteiger partial charge in [0.2, 0.25) is 0 Å². The molecule has 1 saturated heterocycles. The third-order valence-corrected chi connectivity index (χ3v) is 7.09. The Morgan fingerprint density at radius 2 is 1.58 bits per heavy atom. The monoisotopic (exact) mass is 506 g/mol. The zero-order valence-electron chi connectivity index (χ0n) is 21.7. The third kappa shape index (κ3) is 4.73. The number of ether oxygens (including phenoxy) is 1. The topological polar surface area (TPSA) is 70.1 Å². The summed E-state index contributed by atoms with van der Waals surface area (Å²) in [5, 5.41) is 13.4. The number of amides is 1. The number of Topliss-reactive ketones (excluding diaryl/α,β-unsaturated/α-hetero) is 1. The fourth-order valence-corrected chi connectivity index (χ4v) is 4.95. The summed E-state index contributed by atoms with van der Waals surface area (Å²) in [6.07, 6.45) is 0.555. The molecule has 4 aromatic rings. The summed E-state index contributed by atoms with van der Waals surface area (Å²) in [7, 11) is 5.52. The van der Waals surface area contributed by atoms with E-state index in [2.05, 4.69) is 0 Å². The van der Waals surface area contributed by atoms with Crippen LogP contribution in [0.15, 0.2) is 96.6 Å². The molecule has 0 saturated carbocycles. The summed E-state index contributed by atoms with van der Waals surface area (Å²) >= 11 is 0. The van der Waals surface area contributed by atoms with Crippen LogP contribution in [0.2, 0.25) is 0 Å². The number of carbonyl (C=O) groups excluding carboxylic acids is 2. The smallest absolute Gasteiger partial charge is 0.295 e. The summed E-state index contributed by atoms with van der Waals surface area (Å²) in [5.74, 6) is -0.692. The minimum Gasteiger partial charge on any atom is -0.507 e. The summed E-state index contributed by atoms with van der Waals surface area (Å²) in [4.78, 5) is 30.3. The van der Waals surface area contributed by atoms with Gasteiger partial charge in [0.15, 0.2) is 0 Å². The first-order valence-corrected chi connectivity index (χ1v) is 12.5. The van der Waals surface area contributed by atoms with E-state index in [4.69, 9.17) is 4.74 Å². The molecule has 1 heterocycles. The second-order valence-electron chi connectivity index (χ2n) is 9.64. The van der Waals surface area contributed by atoms with Crippen molar-refractivity contribution in [2.24, 2.45) is 0 Å². The molecule has 1 fully saturated rings. The maximum absolute atomic E-state index is 13.4. The average molecular weight is 507 g/mol. The van der Waals surface area contributed by atoms with Crippen molar-refractivity contribution in [2.75, 3.05) is 32.6 Å². The highest BCUT2D eigenvalue weighted by atomic mass is 16.5. The van der Waals surface area contributed by atoms with Crippen molar-refractivity contribution in [3.63, 3.8) is 0 Å². The number of aliphatic hydroxyl groups excluding tert-OH is 1. The standard InChI is InChI=1S/C32H30N2O4/c1-33(2)26-14-12-23(13-15-26)29-28(30(35)25-11-10-22-6-4-5-7-24(22)20-25)31(36)32(37)34(29)19-18-21-8-16-27(38-3)17-9-21/h4-17,20,29,35H,18-19H2,1-3H3/b30-28-. The molecule has 4 aromatic carbocycles. The van der Waals surface area contributed by atoms with E-state index < -0.39 is 17.7 Å². The van der Waals surface area contributed by atoms with E-state index in [9.17, 15) is 14.7 Å². The molecule has 0 aliphatic carbocycles. The molecule has 6 heteroatoms. The number of hydrogen-bond donors (Lipinski definition) is 1. The van der Waals surface area contributed by atoms with Crippen molar-refractivity contribution in [2.45, 2.75) is 12.5 Å². The molecule has 1 aliphatic rings. The molecule has 0 radical (unpaired) electrons. The quantitative estimate of drug-likeness (QED) is 0.201. The Hall–Kier alpha value is -4.58. The number of fused-ring (bicyclic) bond motifs is 1. The van der Waals surface area contributed by atoms with Gasteiger partial charge in [0.1, 0.15) is 11.5 Å². The summed E-state index contributed by atoms with van der Waals surface area (Å²) in [5.41, 5.74) is 3.40. The van der Waals surface area contributed by atoms with Crippen LogP contribution in [-0.4, -0.2) is 49.4 Å².